The molecule has 0 aromatic heterocycles. The third kappa shape index (κ3) is 3.04. The van der Waals surface area contributed by atoms with E-state index in [1.54, 1.807) is 26.0 Å². The molecule has 0 amide bonds. The predicted molar refractivity (Wildman–Crippen MR) is 69.5 cm³/mol. The number of benzene rings is 1. The highest BCUT2D eigenvalue weighted by Gasteiger charge is 2.26. The van der Waals surface area contributed by atoms with Gasteiger partial charge in [-0.3, -0.25) is 9.59 Å². The van der Waals surface area contributed by atoms with Crippen LogP contribution in [-0.2, 0) is 4.79 Å². The number of carboxylic acids is 1. The first kappa shape index (κ1) is 13.2. The van der Waals surface area contributed by atoms with Crippen molar-refractivity contribution >= 4 is 34.3 Å². The molecule has 2 atom stereocenters. The fourth-order valence-corrected chi connectivity index (χ4v) is 1.68. The third-order valence-corrected chi connectivity index (χ3v) is 3.40. The van der Waals surface area contributed by atoms with Gasteiger partial charge in [-0.1, -0.05) is 26.0 Å². The Kier molecular flexibility index (Phi) is 4.46. The lowest BCUT2D eigenvalue weighted by Gasteiger charge is -2.14. The van der Waals surface area contributed by atoms with Crippen molar-refractivity contribution in [1.29, 1.82) is 0 Å². The fourth-order valence-electron chi connectivity index (χ4n) is 1.32. The van der Waals surface area contributed by atoms with Crippen molar-refractivity contribution in [3.05, 3.63) is 33.4 Å². The smallest absolute Gasteiger partial charge is 0.306 e. The predicted octanol–water partition coefficient (Wildman–Crippen LogP) is 2.83. The van der Waals surface area contributed by atoms with Crippen LogP contribution in [0.2, 0.25) is 0 Å². The van der Waals surface area contributed by atoms with Crippen molar-refractivity contribution in [3.63, 3.8) is 0 Å². The van der Waals surface area contributed by atoms with Gasteiger partial charge in [0.25, 0.3) is 0 Å². The number of carbonyl (C=O) groups excluding carboxylic acids is 1. The minimum atomic E-state index is -0.939. The van der Waals surface area contributed by atoms with Crippen molar-refractivity contribution in [2.24, 2.45) is 11.8 Å². The van der Waals surface area contributed by atoms with Crippen LogP contribution in [0.1, 0.15) is 24.2 Å². The molecule has 0 saturated carbocycles. The Balaban J connectivity index is 2.86. The Morgan fingerprint density at radius 1 is 1.12 bits per heavy atom. The Morgan fingerprint density at radius 3 is 2.06 bits per heavy atom. The SMILES string of the molecule is CC(C(=O)O)C(C)C(=O)c1ccc(I)cc1. The highest BCUT2D eigenvalue weighted by molar-refractivity contribution is 14.1. The maximum absolute atomic E-state index is 11.9. The van der Waals surface area contributed by atoms with Crippen LogP contribution in [0.15, 0.2) is 24.3 Å². The summed E-state index contributed by atoms with van der Waals surface area (Å²) >= 11 is 2.16. The molecule has 1 aromatic rings. The topological polar surface area (TPSA) is 54.4 Å². The van der Waals surface area contributed by atoms with E-state index in [-0.39, 0.29) is 5.78 Å². The molecule has 16 heavy (non-hydrogen) atoms. The molecule has 3 nitrogen and oxygen atoms in total. The van der Waals surface area contributed by atoms with Gasteiger partial charge in [0.15, 0.2) is 5.78 Å². The lowest BCUT2D eigenvalue weighted by molar-refractivity contribution is -0.142. The molecule has 0 spiro atoms. The summed E-state index contributed by atoms with van der Waals surface area (Å²) in [5.41, 5.74) is 0.570. The monoisotopic (exact) mass is 332 g/mol. The molecule has 0 aliphatic carbocycles. The first-order valence-electron chi connectivity index (χ1n) is 4.96. The molecule has 1 N–H and O–H groups in total. The fraction of sp³-hybridized carbons (Fsp3) is 0.333. The second-order valence-corrected chi connectivity index (χ2v) is 5.03. The van der Waals surface area contributed by atoms with E-state index >= 15 is 0 Å². The van der Waals surface area contributed by atoms with E-state index < -0.39 is 17.8 Å². The quantitative estimate of drug-likeness (QED) is 0.681. The van der Waals surface area contributed by atoms with Crippen LogP contribution in [-0.4, -0.2) is 16.9 Å². The molecule has 1 rings (SSSR count). The summed E-state index contributed by atoms with van der Waals surface area (Å²) in [5.74, 6) is -2.22. The first-order chi connectivity index (χ1) is 7.43. The van der Waals surface area contributed by atoms with E-state index in [2.05, 4.69) is 22.6 Å². The van der Waals surface area contributed by atoms with Crippen molar-refractivity contribution in [3.8, 4) is 0 Å². The van der Waals surface area contributed by atoms with Crippen LogP contribution in [0, 0.1) is 15.4 Å². The molecule has 0 radical (unpaired) electrons. The highest BCUT2D eigenvalue weighted by atomic mass is 127. The van der Waals surface area contributed by atoms with Crippen molar-refractivity contribution < 1.29 is 14.7 Å². The Morgan fingerprint density at radius 2 is 1.62 bits per heavy atom. The normalized spacial score (nSPS) is 14.2. The molecule has 0 aliphatic rings. The zero-order valence-corrected chi connectivity index (χ0v) is 11.3. The molecule has 0 aliphatic heterocycles. The Labute approximate surface area is 108 Å². The number of carboxylic acid groups (broad SMARTS) is 1. The number of carbonyl (C=O) groups is 2. The maximum atomic E-state index is 11.9. The second-order valence-electron chi connectivity index (χ2n) is 3.79. The zero-order chi connectivity index (χ0) is 12.3. The molecular weight excluding hydrogens is 319 g/mol. The number of rotatable bonds is 4. The van der Waals surface area contributed by atoms with Crippen LogP contribution in [0.3, 0.4) is 0 Å². The van der Waals surface area contributed by atoms with E-state index in [1.165, 1.54) is 0 Å². The van der Waals surface area contributed by atoms with Gasteiger partial charge >= 0.3 is 5.97 Å². The Hall–Kier alpha value is -0.910. The van der Waals surface area contributed by atoms with Crippen LogP contribution in [0.25, 0.3) is 0 Å². The van der Waals surface area contributed by atoms with Crippen molar-refractivity contribution in [1.82, 2.24) is 0 Å². The number of ketones is 1. The Bertz CT molecular complexity index is 397. The van der Waals surface area contributed by atoms with E-state index in [0.717, 1.165) is 3.57 Å². The van der Waals surface area contributed by atoms with Gasteiger partial charge < -0.3 is 5.11 Å². The minimum Gasteiger partial charge on any atom is -0.481 e. The van der Waals surface area contributed by atoms with Crippen LogP contribution in [0.5, 0.6) is 0 Å². The van der Waals surface area contributed by atoms with Gasteiger partial charge in [-0.2, -0.15) is 0 Å². The summed E-state index contributed by atoms with van der Waals surface area (Å²) in [6.07, 6.45) is 0. The van der Waals surface area contributed by atoms with Crippen LogP contribution in [0.4, 0.5) is 0 Å². The summed E-state index contributed by atoms with van der Waals surface area (Å²) in [4.78, 5) is 22.7. The maximum Gasteiger partial charge on any atom is 0.306 e. The molecule has 4 heteroatoms. The van der Waals surface area contributed by atoms with E-state index in [0.29, 0.717) is 5.56 Å². The molecule has 0 bridgehead atoms. The van der Waals surface area contributed by atoms with Crippen molar-refractivity contribution in [2.75, 3.05) is 0 Å². The molecule has 0 saturated heterocycles. The molecule has 0 fully saturated rings. The van der Waals surface area contributed by atoms with Gasteiger partial charge in [-0.25, -0.2) is 0 Å². The third-order valence-electron chi connectivity index (χ3n) is 2.68. The average molecular weight is 332 g/mol. The second kappa shape index (κ2) is 5.43. The number of aliphatic carboxylic acids is 1. The molecule has 2 unspecified atom stereocenters. The first-order valence-corrected chi connectivity index (χ1v) is 6.04. The van der Waals surface area contributed by atoms with E-state index in [9.17, 15) is 9.59 Å². The van der Waals surface area contributed by atoms with Crippen LogP contribution < -0.4 is 0 Å². The molecule has 0 heterocycles. The van der Waals surface area contributed by atoms with Gasteiger partial charge in [0.1, 0.15) is 0 Å². The summed E-state index contributed by atoms with van der Waals surface area (Å²) in [6, 6.07) is 7.14. The van der Waals surface area contributed by atoms with Gasteiger partial charge in [0.05, 0.1) is 5.92 Å². The molecule has 1 aromatic carbocycles. The van der Waals surface area contributed by atoms with Gasteiger partial charge in [-0.05, 0) is 34.7 Å². The lowest BCUT2D eigenvalue weighted by Crippen LogP contribution is -2.25. The largest absolute Gasteiger partial charge is 0.481 e. The summed E-state index contributed by atoms with van der Waals surface area (Å²) in [7, 11) is 0. The van der Waals surface area contributed by atoms with Crippen LogP contribution >= 0.6 is 22.6 Å². The minimum absolute atomic E-state index is 0.119. The standard InChI is InChI=1S/C12H13IO3/c1-7(8(2)12(15)16)11(14)9-3-5-10(13)6-4-9/h3-8H,1-2H3,(H,15,16). The average Bonchev–Trinajstić information content (AvgIpc) is 2.27. The zero-order valence-electron chi connectivity index (χ0n) is 9.11. The van der Waals surface area contributed by atoms with Gasteiger partial charge in [0, 0.05) is 15.1 Å². The highest BCUT2D eigenvalue weighted by Crippen LogP contribution is 2.18. The van der Waals surface area contributed by atoms with E-state index in [4.69, 9.17) is 5.11 Å². The number of Topliss-reactive ketones (excluding diaryl/α,β-unsaturated/α-hetero) is 1. The van der Waals surface area contributed by atoms with E-state index in [1.807, 2.05) is 12.1 Å². The van der Waals surface area contributed by atoms with Gasteiger partial charge in [-0.15, -0.1) is 0 Å². The summed E-state index contributed by atoms with van der Waals surface area (Å²) in [6.45, 7) is 3.21. The lowest BCUT2D eigenvalue weighted by atomic mass is 9.88. The number of hydrogen-bond donors (Lipinski definition) is 1. The molecular formula is C12H13IO3. The van der Waals surface area contributed by atoms with Crippen molar-refractivity contribution in [2.45, 2.75) is 13.8 Å². The molecule has 86 valence electrons. The number of halogens is 1. The summed E-state index contributed by atoms with van der Waals surface area (Å²) in [5, 5.41) is 8.84. The van der Waals surface area contributed by atoms with Gasteiger partial charge in [0.2, 0.25) is 0 Å². The number of hydrogen-bond acceptors (Lipinski definition) is 2. The summed E-state index contributed by atoms with van der Waals surface area (Å²) < 4.78 is 1.05.